The third-order valence-electron chi connectivity index (χ3n) is 4.00. The molecule has 2 heterocycles. The number of carbonyl (C=O) groups is 1. The van der Waals surface area contributed by atoms with Gasteiger partial charge in [-0.3, -0.25) is 4.79 Å². The van der Waals surface area contributed by atoms with Gasteiger partial charge in [0.15, 0.2) is 0 Å². The zero-order valence-corrected chi connectivity index (χ0v) is 12.7. The molecule has 0 atom stereocenters. The van der Waals surface area contributed by atoms with Crippen LogP contribution in [0.1, 0.15) is 38.0 Å². The van der Waals surface area contributed by atoms with Crippen LogP contribution < -0.4 is 0 Å². The molecule has 1 aromatic heterocycles. The summed E-state index contributed by atoms with van der Waals surface area (Å²) in [5.41, 5.74) is 0.903. The number of likely N-dealkylation sites (tertiary alicyclic amines) is 1. The van der Waals surface area contributed by atoms with E-state index in [9.17, 15) is 4.79 Å². The lowest BCUT2D eigenvalue weighted by Gasteiger charge is -2.19. The average Bonchev–Trinajstić information content (AvgIpc) is 2.87. The number of benzene rings is 1. The number of hydrogen-bond acceptors (Lipinski definition) is 4. The first-order valence-corrected chi connectivity index (χ1v) is 7.98. The fourth-order valence-electron chi connectivity index (χ4n) is 2.74. The Labute approximate surface area is 130 Å². The van der Waals surface area contributed by atoms with Crippen LogP contribution in [0.2, 0.25) is 0 Å². The molecular weight excluding hydrogens is 278 g/mol. The van der Waals surface area contributed by atoms with Crippen molar-refractivity contribution in [2.75, 3.05) is 13.1 Å². The van der Waals surface area contributed by atoms with Crippen LogP contribution in [0, 0.1) is 0 Å². The van der Waals surface area contributed by atoms with Gasteiger partial charge in [-0.05, 0) is 25.0 Å². The summed E-state index contributed by atoms with van der Waals surface area (Å²) in [6, 6.07) is 9.67. The number of amides is 1. The summed E-state index contributed by atoms with van der Waals surface area (Å²) < 4.78 is 5.64. The molecule has 0 aliphatic carbocycles. The highest BCUT2D eigenvalue weighted by Crippen LogP contribution is 2.18. The molecular formula is C17H21N3O2. The van der Waals surface area contributed by atoms with Crippen LogP contribution >= 0.6 is 0 Å². The van der Waals surface area contributed by atoms with Gasteiger partial charge in [0.2, 0.25) is 17.7 Å². The SMILES string of the molecule is O=C(CCc1nnc(-c2ccccc2)o1)N1CCCCCC1. The number of hydrogen-bond donors (Lipinski definition) is 0. The predicted octanol–water partition coefficient (Wildman–Crippen LogP) is 3.07. The van der Waals surface area contributed by atoms with Crippen LogP contribution in [-0.2, 0) is 11.2 Å². The minimum Gasteiger partial charge on any atom is -0.421 e. The lowest BCUT2D eigenvalue weighted by atomic mass is 10.2. The number of rotatable bonds is 4. The van der Waals surface area contributed by atoms with Crippen molar-refractivity contribution < 1.29 is 9.21 Å². The van der Waals surface area contributed by atoms with E-state index in [4.69, 9.17) is 4.42 Å². The van der Waals surface area contributed by atoms with E-state index in [2.05, 4.69) is 10.2 Å². The van der Waals surface area contributed by atoms with E-state index >= 15 is 0 Å². The summed E-state index contributed by atoms with van der Waals surface area (Å²) in [6.07, 6.45) is 5.64. The topological polar surface area (TPSA) is 59.2 Å². The first-order chi connectivity index (χ1) is 10.8. The van der Waals surface area contributed by atoms with Crippen molar-refractivity contribution in [3.8, 4) is 11.5 Å². The monoisotopic (exact) mass is 299 g/mol. The maximum Gasteiger partial charge on any atom is 0.247 e. The molecule has 0 spiro atoms. The maximum atomic E-state index is 12.2. The molecule has 22 heavy (non-hydrogen) atoms. The van der Waals surface area contributed by atoms with E-state index < -0.39 is 0 Å². The van der Waals surface area contributed by atoms with E-state index in [0.29, 0.717) is 24.6 Å². The van der Waals surface area contributed by atoms with Crippen molar-refractivity contribution >= 4 is 5.91 Å². The third-order valence-corrected chi connectivity index (χ3v) is 4.00. The fourth-order valence-corrected chi connectivity index (χ4v) is 2.74. The Morgan fingerprint density at radius 2 is 1.77 bits per heavy atom. The molecule has 1 aliphatic heterocycles. The van der Waals surface area contributed by atoms with E-state index in [1.54, 1.807) is 0 Å². The van der Waals surface area contributed by atoms with Crippen molar-refractivity contribution in [1.29, 1.82) is 0 Å². The molecule has 5 heteroatoms. The summed E-state index contributed by atoms with van der Waals surface area (Å²) in [4.78, 5) is 14.2. The van der Waals surface area contributed by atoms with Crippen LogP contribution in [-0.4, -0.2) is 34.1 Å². The highest BCUT2D eigenvalue weighted by Gasteiger charge is 2.17. The Bertz CT molecular complexity index is 601. The van der Waals surface area contributed by atoms with Crippen LogP contribution in [0.3, 0.4) is 0 Å². The molecule has 0 bridgehead atoms. The zero-order valence-electron chi connectivity index (χ0n) is 12.7. The second kappa shape index (κ2) is 7.20. The van der Waals surface area contributed by atoms with Gasteiger partial charge in [-0.15, -0.1) is 10.2 Å². The zero-order chi connectivity index (χ0) is 15.2. The first-order valence-electron chi connectivity index (χ1n) is 7.98. The molecule has 1 aliphatic rings. The molecule has 1 aromatic carbocycles. The third kappa shape index (κ3) is 3.72. The van der Waals surface area contributed by atoms with E-state index in [1.807, 2.05) is 35.2 Å². The Morgan fingerprint density at radius 3 is 2.50 bits per heavy atom. The lowest BCUT2D eigenvalue weighted by molar-refractivity contribution is -0.131. The Balaban J connectivity index is 1.55. The summed E-state index contributed by atoms with van der Waals surface area (Å²) in [6.45, 7) is 1.77. The Kier molecular flexibility index (Phi) is 4.83. The minimum atomic E-state index is 0.196. The maximum absolute atomic E-state index is 12.2. The second-order valence-electron chi connectivity index (χ2n) is 5.66. The van der Waals surface area contributed by atoms with Gasteiger partial charge < -0.3 is 9.32 Å². The van der Waals surface area contributed by atoms with Crippen molar-refractivity contribution in [3.63, 3.8) is 0 Å². The van der Waals surface area contributed by atoms with Crippen LogP contribution in [0.25, 0.3) is 11.5 Å². The lowest BCUT2D eigenvalue weighted by Crippen LogP contribution is -2.31. The second-order valence-corrected chi connectivity index (χ2v) is 5.66. The van der Waals surface area contributed by atoms with Gasteiger partial charge >= 0.3 is 0 Å². The van der Waals surface area contributed by atoms with Crippen molar-refractivity contribution in [1.82, 2.24) is 15.1 Å². The van der Waals surface area contributed by atoms with Crippen molar-refractivity contribution in [3.05, 3.63) is 36.2 Å². The molecule has 1 saturated heterocycles. The standard InChI is InChI=1S/C17H21N3O2/c21-16(20-12-6-1-2-7-13-20)11-10-15-18-19-17(22-15)14-8-4-3-5-9-14/h3-5,8-9H,1-2,6-7,10-13H2. The molecule has 2 aromatic rings. The van der Waals surface area contributed by atoms with Crippen molar-refractivity contribution in [2.45, 2.75) is 38.5 Å². The molecule has 5 nitrogen and oxygen atoms in total. The first kappa shape index (κ1) is 14.8. The summed E-state index contributed by atoms with van der Waals surface area (Å²) >= 11 is 0. The summed E-state index contributed by atoms with van der Waals surface area (Å²) in [7, 11) is 0. The van der Waals surface area contributed by atoms with Gasteiger partial charge in [-0.1, -0.05) is 31.0 Å². The fraction of sp³-hybridized carbons (Fsp3) is 0.471. The normalized spacial score (nSPS) is 15.5. The molecule has 1 fully saturated rings. The molecule has 116 valence electrons. The number of aromatic nitrogens is 2. The number of carbonyl (C=O) groups excluding carboxylic acids is 1. The Hall–Kier alpha value is -2.17. The highest BCUT2D eigenvalue weighted by molar-refractivity contribution is 5.76. The van der Waals surface area contributed by atoms with Gasteiger partial charge in [0.25, 0.3) is 0 Å². The van der Waals surface area contributed by atoms with Crippen molar-refractivity contribution in [2.24, 2.45) is 0 Å². The van der Waals surface area contributed by atoms with Crippen LogP contribution in [0.5, 0.6) is 0 Å². The molecule has 0 saturated carbocycles. The molecule has 0 N–H and O–H groups in total. The van der Waals surface area contributed by atoms with Gasteiger partial charge in [0.05, 0.1) is 0 Å². The quantitative estimate of drug-likeness (QED) is 0.870. The minimum absolute atomic E-state index is 0.196. The summed E-state index contributed by atoms with van der Waals surface area (Å²) in [5.74, 6) is 1.24. The van der Waals surface area contributed by atoms with E-state index in [0.717, 1.165) is 31.5 Å². The molecule has 0 radical (unpaired) electrons. The smallest absolute Gasteiger partial charge is 0.247 e. The van der Waals surface area contributed by atoms with E-state index in [-0.39, 0.29) is 5.91 Å². The number of aryl methyl sites for hydroxylation is 1. The van der Waals surface area contributed by atoms with Gasteiger partial charge in [0.1, 0.15) is 0 Å². The highest BCUT2D eigenvalue weighted by atomic mass is 16.4. The molecule has 0 unspecified atom stereocenters. The molecule has 3 rings (SSSR count). The summed E-state index contributed by atoms with van der Waals surface area (Å²) in [5, 5.41) is 8.09. The van der Waals surface area contributed by atoms with Gasteiger partial charge in [-0.2, -0.15) is 0 Å². The largest absolute Gasteiger partial charge is 0.421 e. The number of nitrogens with zero attached hydrogens (tertiary/aromatic N) is 3. The van der Waals surface area contributed by atoms with E-state index in [1.165, 1.54) is 12.8 Å². The van der Waals surface area contributed by atoms with Crippen LogP contribution in [0.4, 0.5) is 0 Å². The predicted molar refractivity (Wildman–Crippen MR) is 83.1 cm³/mol. The van der Waals surface area contributed by atoms with Gasteiger partial charge in [0, 0.05) is 31.5 Å². The average molecular weight is 299 g/mol. The van der Waals surface area contributed by atoms with Crippen LogP contribution in [0.15, 0.2) is 34.7 Å². The Morgan fingerprint density at radius 1 is 1.05 bits per heavy atom. The van der Waals surface area contributed by atoms with Gasteiger partial charge in [-0.25, -0.2) is 0 Å². The molecule has 1 amide bonds.